The van der Waals surface area contributed by atoms with Crippen molar-refractivity contribution in [3.63, 3.8) is 0 Å². The second kappa shape index (κ2) is 7.33. The molecule has 2 aromatic rings. The third kappa shape index (κ3) is 3.84. The van der Waals surface area contributed by atoms with Crippen LogP contribution in [0.5, 0.6) is 5.75 Å². The highest BCUT2D eigenvalue weighted by atomic mass is 32.2. The first-order valence-corrected chi connectivity index (χ1v) is 12.3. The minimum Gasteiger partial charge on any atom is -0.492 e. The number of carbonyl (C=O) groups is 1. The Balaban J connectivity index is 2.09. The van der Waals surface area contributed by atoms with Crippen LogP contribution in [0.3, 0.4) is 0 Å². The predicted octanol–water partition coefficient (Wildman–Crippen LogP) is 1.96. The van der Waals surface area contributed by atoms with Crippen LogP contribution in [0.25, 0.3) is 0 Å². The Morgan fingerprint density at radius 3 is 2.64 bits per heavy atom. The van der Waals surface area contributed by atoms with Crippen molar-refractivity contribution in [1.29, 1.82) is 0 Å². The third-order valence-corrected chi connectivity index (χ3v) is 8.19. The van der Waals surface area contributed by atoms with Gasteiger partial charge >= 0.3 is 0 Å². The van der Waals surface area contributed by atoms with Gasteiger partial charge < -0.3 is 4.74 Å². The van der Waals surface area contributed by atoms with Crippen molar-refractivity contribution in [1.82, 2.24) is 4.98 Å². The molecule has 1 saturated heterocycles. The lowest BCUT2D eigenvalue weighted by Gasteiger charge is -2.18. The van der Waals surface area contributed by atoms with Crippen LogP contribution < -0.4 is 13.8 Å². The second-order valence-electron chi connectivity index (χ2n) is 6.25. The van der Waals surface area contributed by atoms with E-state index in [9.17, 15) is 21.6 Å². The van der Waals surface area contributed by atoms with Crippen molar-refractivity contribution in [2.45, 2.75) is 25.7 Å². The van der Waals surface area contributed by atoms with Crippen LogP contribution in [-0.2, 0) is 24.8 Å². The van der Waals surface area contributed by atoms with E-state index in [4.69, 9.17) is 4.74 Å². The number of hydrogen-bond acceptors (Lipinski definition) is 8. The van der Waals surface area contributed by atoms with E-state index >= 15 is 0 Å². The number of nitrogens with zero attached hydrogens (tertiary/aromatic N) is 2. The van der Waals surface area contributed by atoms with Gasteiger partial charge in [0.15, 0.2) is 5.13 Å². The summed E-state index contributed by atoms with van der Waals surface area (Å²) in [5.74, 6) is -1.58. The van der Waals surface area contributed by atoms with Crippen molar-refractivity contribution >= 4 is 48.1 Å². The van der Waals surface area contributed by atoms with Gasteiger partial charge in [-0.05, 0) is 32.0 Å². The first kappa shape index (κ1) is 20.6. The zero-order chi connectivity index (χ0) is 20.7. The molecule has 3 rings (SSSR count). The third-order valence-electron chi connectivity index (χ3n) is 3.95. The Bertz CT molecular complexity index is 1120. The molecule has 0 aliphatic carbocycles. The Morgan fingerprint density at radius 1 is 1.39 bits per heavy atom. The highest BCUT2D eigenvalue weighted by molar-refractivity contribution is 7.94. The van der Waals surface area contributed by atoms with E-state index in [1.54, 1.807) is 19.2 Å². The van der Waals surface area contributed by atoms with E-state index in [0.717, 1.165) is 17.4 Å². The fourth-order valence-corrected chi connectivity index (χ4v) is 6.68. The number of ether oxygens (including phenoxy) is 1. The minimum atomic E-state index is -4.13. The smallest absolute Gasteiger partial charge is 0.267 e. The lowest BCUT2D eigenvalue weighted by atomic mass is 10.2. The van der Waals surface area contributed by atoms with E-state index in [2.05, 4.69) is 9.71 Å². The van der Waals surface area contributed by atoms with Crippen LogP contribution in [0.2, 0.25) is 0 Å². The highest BCUT2D eigenvalue weighted by Crippen LogP contribution is 2.35. The second-order valence-corrected chi connectivity index (χ2v) is 10.6. The average Bonchev–Trinajstić information content (AvgIpc) is 3.07. The van der Waals surface area contributed by atoms with Gasteiger partial charge in [0.1, 0.15) is 10.6 Å². The van der Waals surface area contributed by atoms with Crippen molar-refractivity contribution in [3.8, 4) is 5.75 Å². The van der Waals surface area contributed by atoms with Crippen LogP contribution in [-0.4, -0.2) is 40.1 Å². The summed E-state index contributed by atoms with van der Waals surface area (Å²) in [5, 5.41) is 1.86. The summed E-state index contributed by atoms with van der Waals surface area (Å²) in [7, 11) is -8.00. The fourth-order valence-electron chi connectivity index (χ4n) is 2.77. The van der Waals surface area contributed by atoms with Crippen molar-refractivity contribution in [2.24, 2.45) is 5.92 Å². The summed E-state index contributed by atoms with van der Waals surface area (Å²) in [6.07, 6.45) is 0. The number of anilines is 2. The maximum atomic E-state index is 12.9. The van der Waals surface area contributed by atoms with Gasteiger partial charge in [0, 0.05) is 5.38 Å². The average molecular weight is 446 g/mol. The molecule has 0 bridgehead atoms. The molecule has 0 saturated carbocycles. The molecule has 12 heteroatoms. The van der Waals surface area contributed by atoms with Gasteiger partial charge in [0.05, 0.1) is 29.7 Å². The SMILES string of the molecule is CCOc1ccc(N2C(=O)C(C)CS2(=O)=O)cc1S(=O)(=O)Nc1nc(C)cs1. The molecule has 1 aromatic heterocycles. The Hall–Kier alpha value is -2.18. The number of sulfonamides is 2. The summed E-state index contributed by atoms with van der Waals surface area (Å²) in [5.41, 5.74) is 0.609. The number of nitrogens with one attached hydrogen (secondary N) is 1. The molecule has 1 N–H and O–H groups in total. The summed E-state index contributed by atoms with van der Waals surface area (Å²) in [4.78, 5) is 16.1. The van der Waals surface area contributed by atoms with E-state index in [0.29, 0.717) is 10.00 Å². The molecular weight excluding hydrogens is 426 g/mol. The van der Waals surface area contributed by atoms with Crippen molar-refractivity contribution in [2.75, 3.05) is 21.4 Å². The van der Waals surface area contributed by atoms with Gasteiger partial charge in [0.2, 0.25) is 15.9 Å². The lowest BCUT2D eigenvalue weighted by molar-refractivity contribution is -0.119. The van der Waals surface area contributed by atoms with Gasteiger partial charge in [-0.15, -0.1) is 11.3 Å². The number of thiazole rings is 1. The van der Waals surface area contributed by atoms with Crippen molar-refractivity contribution < 1.29 is 26.4 Å². The standard InChI is InChI=1S/C16H19N3O6S3/c1-4-25-13-6-5-12(19-15(20)10(2)9-27(19,21)22)7-14(13)28(23,24)18-16-17-11(3)8-26-16/h5-8,10H,4,9H2,1-3H3,(H,17,18). The lowest BCUT2D eigenvalue weighted by Crippen LogP contribution is -2.30. The van der Waals surface area contributed by atoms with Gasteiger partial charge in [-0.25, -0.2) is 26.1 Å². The summed E-state index contributed by atoms with van der Waals surface area (Å²) in [6.45, 7) is 5.14. The molecule has 28 heavy (non-hydrogen) atoms. The Kier molecular flexibility index (Phi) is 5.38. The fraction of sp³-hybridized carbons (Fsp3) is 0.375. The van der Waals surface area contributed by atoms with E-state index in [1.807, 2.05) is 0 Å². The molecule has 0 spiro atoms. The molecule has 1 unspecified atom stereocenters. The van der Waals surface area contributed by atoms with Gasteiger partial charge in [-0.2, -0.15) is 0 Å². The maximum Gasteiger partial charge on any atom is 0.267 e. The molecule has 2 heterocycles. The molecule has 1 atom stereocenters. The van der Waals surface area contributed by atoms with Crippen LogP contribution in [0.15, 0.2) is 28.5 Å². The Morgan fingerprint density at radius 2 is 2.11 bits per heavy atom. The largest absolute Gasteiger partial charge is 0.492 e. The predicted molar refractivity (Wildman–Crippen MR) is 106 cm³/mol. The molecule has 1 amide bonds. The number of aryl methyl sites for hydroxylation is 1. The maximum absolute atomic E-state index is 12.9. The summed E-state index contributed by atoms with van der Waals surface area (Å²) in [6, 6.07) is 3.82. The van der Waals surface area contributed by atoms with E-state index < -0.39 is 31.9 Å². The normalized spacial score (nSPS) is 19.0. The number of amides is 1. The number of carbonyl (C=O) groups excluding carboxylic acids is 1. The monoisotopic (exact) mass is 445 g/mol. The first-order chi connectivity index (χ1) is 13.0. The van der Waals surface area contributed by atoms with Crippen LogP contribution in [0, 0.1) is 12.8 Å². The topological polar surface area (TPSA) is 123 Å². The molecule has 1 aromatic carbocycles. The number of benzene rings is 1. The van der Waals surface area contributed by atoms with Gasteiger partial charge in [-0.3, -0.25) is 9.52 Å². The summed E-state index contributed by atoms with van der Waals surface area (Å²) >= 11 is 1.12. The van der Waals surface area contributed by atoms with Crippen LogP contribution in [0.4, 0.5) is 10.8 Å². The van der Waals surface area contributed by atoms with E-state index in [-0.39, 0.29) is 33.8 Å². The zero-order valence-electron chi connectivity index (χ0n) is 15.4. The molecular formula is C16H19N3O6S3. The molecule has 9 nitrogen and oxygen atoms in total. The molecule has 152 valence electrons. The van der Waals surface area contributed by atoms with Crippen LogP contribution >= 0.6 is 11.3 Å². The molecule has 1 fully saturated rings. The summed E-state index contributed by atoms with van der Waals surface area (Å²) < 4.78 is 58.9. The highest BCUT2D eigenvalue weighted by Gasteiger charge is 2.42. The molecule has 1 aliphatic heterocycles. The van der Waals surface area contributed by atoms with Crippen LogP contribution in [0.1, 0.15) is 19.5 Å². The number of aromatic nitrogens is 1. The van der Waals surface area contributed by atoms with Gasteiger partial charge in [0.25, 0.3) is 10.0 Å². The van der Waals surface area contributed by atoms with E-state index in [1.165, 1.54) is 19.1 Å². The quantitative estimate of drug-likeness (QED) is 0.721. The molecule has 1 aliphatic rings. The first-order valence-electron chi connectivity index (χ1n) is 8.34. The zero-order valence-corrected chi connectivity index (χ0v) is 17.8. The van der Waals surface area contributed by atoms with Crippen molar-refractivity contribution in [3.05, 3.63) is 29.3 Å². The number of rotatable bonds is 6. The molecule has 0 radical (unpaired) electrons. The van der Waals surface area contributed by atoms with Gasteiger partial charge in [-0.1, -0.05) is 6.92 Å². The Labute approximate surface area is 167 Å². The number of hydrogen-bond donors (Lipinski definition) is 1. The minimum absolute atomic E-state index is 0.0455.